The summed E-state index contributed by atoms with van der Waals surface area (Å²) in [7, 11) is 0. The Morgan fingerprint density at radius 2 is 2.06 bits per heavy atom. The van der Waals surface area contributed by atoms with Gasteiger partial charge in [0.1, 0.15) is 16.5 Å². The van der Waals surface area contributed by atoms with E-state index < -0.39 is 5.97 Å². The molecule has 0 fully saturated rings. The zero-order valence-corrected chi connectivity index (χ0v) is 11.4. The first-order valence-electron chi connectivity index (χ1n) is 4.17. The molecule has 0 aromatic heterocycles. The number of carbonyl (C=O) groups is 1. The fourth-order valence-corrected chi connectivity index (χ4v) is 1.96. The van der Waals surface area contributed by atoms with E-state index in [1.807, 2.05) is 0 Å². The highest BCUT2D eigenvalue weighted by Gasteiger charge is 2.10. The third-order valence-corrected chi connectivity index (χ3v) is 3.11. The summed E-state index contributed by atoms with van der Waals surface area (Å²) in [6.45, 7) is 1.41. The van der Waals surface area contributed by atoms with Crippen LogP contribution in [0.4, 0.5) is 0 Å². The predicted molar refractivity (Wildman–Crippen MR) is 65.5 cm³/mol. The van der Waals surface area contributed by atoms with E-state index in [2.05, 4.69) is 31.9 Å². The number of phenolic OH excluding ortho intramolecular Hbond substituents is 1. The maximum absolute atomic E-state index is 10.5. The summed E-state index contributed by atoms with van der Waals surface area (Å²) in [6, 6.07) is 3.08. The second kappa shape index (κ2) is 5.36. The van der Waals surface area contributed by atoms with Gasteiger partial charge in [0.2, 0.25) is 0 Å². The molecule has 0 unspecified atom stereocenters. The summed E-state index contributed by atoms with van der Waals surface area (Å²) < 4.78 is 6.14. The normalized spacial score (nSPS) is 11.3. The van der Waals surface area contributed by atoms with Gasteiger partial charge in [0, 0.05) is 0 Å². The Labute approximate surface area is 109 Å². The van der Waals surface area contributed by atoms with Gasteiger partial charge in [-0.15, -0.1) is 0 Å². The molecule has 0 aliphatic heterocycles. The van der Waals surface area contributed by atoms with Crippen molar-refractivity contribution in [2.24, 2.45) is 0 Å². The highest BCUT2D eigenvalue weighted by atomic mass is 79.9. The van der Waals surface area contributed by atoms with E-state index in [1.54, 1.807) is 6.07 Å². The van der Waals surface area contributed by atoms with Gasteiger partial charge in [-0.05, 0) is 50.9 Å². The van der Waals surface area contributed by atoms with Gasteiger partial charge in [-0.1, -0.05) is 0 Å². The third-order valence-electron chi connectivity index (χ3n) is 1.72. The van der Waals surface area contributed by atoms with E-state index in [-0.39, 0.29) is 11.3 Å². The Balaban J connectivity index is 3.02. The van der Waals surface area contributed by atoms with Crippen LogP contribution in [-0.2, 0) is 4.79 Å². The van der Waals surface area contributed by atoms with Crippen LogP contribution in [0.25, 0.3) is 0 Å². The van der Waals surface area contributed by atoms with Crippen LogP contribution in [0.5, 0.6) is 11.5 Å². The first kappa shape index (κ1) is 13.1. The van der Waals surface area contributed by atoms with Gasteiger partial charge in [0.05, 0.1) is 10.0 Å². The molecule has 0 aliphatic carbocycles. The molecule has 0 heterocycles. The standard InChI is InChI=1S/C10H8Br2O4/c1-5(10(14)15)4-16-9-6(11)2-3-7(13)8(9)12/h2-4,13H,1H3,(H,14,15). The van der Waals surface area contributed by atoms with Crippen molar-refractivity contribution in [3.05, 3.63) is 32.9 Å². The van der Waals surface area contributed by atoms with Crippen LogP contribution in [-0.4, -0.2) is 16.2 Å². The quantitative estimate of drug-likeness (QED) is 0.647. The minimum absolute atomic E-state index is 0.0135. The average molecular weight is 352 g/mol. The van der Waals surface area contributed by atoms with Crippen molar-refractivity contribution in [1.82, 2.24) is 0 Å². The van der Waals surface area contributed by atoms with Gasteiger partial charge >= 0.3 is 5.97 Å². The van der Waals surface area contributed by atoms with Crippen molar-refractivity contribution in [2.75, 3.05) is 0 Å². The molecule has 1 aromatic rings. The van der Waals surface area contributed by atoms with Gasteiger partial charge in [0.25, 0.3) is 0 Å². The Morgan fingerprint density at radius 3 is 2.62 bits per heavy atom. The first-order chi connectivity index (χ1) is 7.43. The van der Waals surface area contributed by atoms with Crippen molar-refractivity contribution in [3.8, 4) is 11.5 Å². The molecule has 0 atom stereocenters. The molecular formula is C10H8Br2O4. The second-order valence-corrected chi connectivity index (χ2v) is 4.58. The molecular weight excluding hydrogens is 344 g/mol. The zero-order valence-electron chi connectivity index (χ0n) is 8.20. The van der Waals surface area contributed by atoms with Crippen LogP contribution in [0.3, 0.4) is 0 Å². The molecule has 0 radical (unpaired) electrons. The maximum atomic E-state index is 10.5. The Bertz CT molecular complexity index is 454. The van der Waals surface area contributed by atoms with E-state index in [0.717, 1.165) is 6.26 Å². The van der Waals surface area contributed by atoms with Crippen molar-refractivity contribution in [2.45, 2.75) is 6.92 Å². The van der Waals surface area contributed by atoms with Crippen LogP contribution < -0.4 is 4.74 Å². The zero-order chi connectivity index (χ0) is 12.3. The summed E-state index contributed by atoms with van der Waals surface area (Å²) in [5.74, 6) is -0.729. The Hall–Kier alpha value is -1.01. The fraction of sp³-hybridized carbons (Fsp3) is 0.100. The molecule has 0 amide bonds. The lowest BCUT2D eigenvalue weighted by Crippen LogP contribution is -1.98. The lowest BCUT2D eigenvalue weighted by atomic mass is 10.3. The molecule has 86 valence electrons. The van der Waals surface area contributed by atoms with Crippen molar-refractivity contribution in [3.63, 3.8) is 0 Å². The number of hydrogen-bond acceptors (Lipinski definition) is 3. The molecule has 1 aromatic carbocycles. The number of rotatable bonds is 3. The number of ether oxygens (including phenoxy) is 1. The number of carboxylic acid groups (broad SMARTS) is 1. The number of phenols is 1. The number of hydrogen-bond donors (Lipinski definition) is 2. The van der Waals surface area contributed by atoms with Gasteiger partial charge in [-0.2, -0.15) is 0 Å². The minimum atomic E-state index is -1.06. The third kappa shape index (κ3) is 2.99. The van der Waals surface area contributed by atoms with E-state index in [1.165, 1.54) is 13.0 Å². The van der Waals surface area contributed by atoms with Crippen LogP contribution in [0.2, 0.25) is 0 Å². The molecule has 4 nitrogen and oxygen atoms in total. The minimum Gasteiger partial charge on any atom is -0.507 e. The van der Waals surface area contributed by atoms with Gasteiger partial charge in [0.15, 0.2) is 5.75 Å². The number of halogens is 2. The van der Waals surface area contributed by atoms with Gasteiger partial charge in [-0.3, -0.25) is 0 Å². The molecule has 0 spiro atoms. The van der Waals surface area contributed by atoms with Gasteiger partial charge < -0.3 is 14.9 Å². The molecule has 6 heteroatoms. The van der Waals surface area contributed by atoms with E-state index in [9.17, 15) is 9.90 Å². The smallest absolute Gasteiger partial charge is 0.334 e. The lowest BCUT2D eigenvalue weighted by molar-refractivity contribution is -0.132. The van der Waals surface area contributed by atoms with E-state index >= 15 is 0 Å². The van der Waals surface area contributed by atoms with Crippen LogP contribution in [0.1, 0.15) is 6.92 Å². The lowest BCUT2D eigenvalue weighted by Gasteiger charge is -2.07. The van der Waals surface area contributed by atoms with Crippen LogP contribution in [0.15, 0.2) is 32.9 Å². The number of carboxylic acids is 1. The SMILES string of the molecule is CC(=COc1c(Br)ccc(O)c1Br)C(=O)O. The van der Waals surface area contributed by atoms with Crippen molar-refractivity contribution < 1.29 is 19.7 Å². The number of aromatic hydroxyl groups is 1. The molecule has 0 bridgehead atoms. The highest BCUT2D eigenvalue weighted by molar-refractivity contribution is 9.11. The molecule has 0 saturated carbocycles. The van der Waals surface area contributed by atoms with E-state index in [0.29, 0.717) is 14.7 Å². The molecule has 2 N–H and O–H groups in total. The summed E-state index contributed by atoms with van der Waals surface area (Å²) >= 11 is 6.36. The predicted octanol–water partition coefficient (Wildman–Crippen LogP) is 3.28. The fourth-order valence-electron chi connectivity index (χ4n) is 0.828. The van der Waals surface area contributed by atoms with Crippen LogP contribution in [0, 0.1) is 0 Å². The summed E-state index contributed by atoms with van der Waals surface area (Å²) in [5, 5.41) is 18.0. The Morgan fingerprint density at radius 1 is 1.44 bits per heavy atom. The first-order valence-corrected chi connectivity index (χ1v) is 5.75. The number of benzene rings is 1. The largest absolute Gasteiger partial charge is 0.507 e. The average Bonchev–Trinajstić information content (AvgIpc) is 2.23. The molecule has 0 aliphatic rings. The summed E-state index contributed by atoms with van der Waals surface area (Å²) in [4.78, 5) is 10.5. The van der Waals surface area contributed by atoms with Gasteiger partial charge in [-0.25, -0.2) is 4.79 Å². The number of aliphatic carboxylic acids is 1. The van der Waals surface area contributed by atoms with Crippen molar-refractivity contribution >= 4 is 37.8 Å². The molecule has 1 rings (SSSR count). The maximum Gasteiger partial charge on any atom is 0.334 e. The Kier molecular flexibility index (Phi) is 4.37. The molecule has 0 saturated heterocycles. The van der Waals surface area contributed by atoms with E-state index in [4.69, 9.17) is 9.84 Å². The van der Waals surface area contributed by atoms with Crippen molar-refractivity contribution in [1.29, 1.82) is 0 Å². The van der Waals surface area contributed by atoms with Crippen LogP contribution >= 0.6 is 31.9 Å². The summed E-state index contributed by atoms with van der Waals surface area (Å²) in [6.07, 6.45) is 1.10. The summed E-state index contributed by atoms with van der Waals surface area (Å²) in [5.41, 5.74) is 0.0575. The second-order valence-electron chi connectivity index (χ2n) is 2.93. The topological polar surface area (TPSA) is 66.8 Å². The monoisotopic (exact) mass is 350 g/mol. The highest BCUT2D eigenvalue weighted by Crippen LogP contribution is 2.39. The molecule has 16 heavy (non-hydrogen) atoms.